The van der Waals surface area contributed by atoms with Crippen molar-refractivity contribution in [1.82, 2.24) is 10.2 Å². The van der Waals surface area contributed by atoms with Crippen LogP contribution in [0.5, 0.6) is 0 Å². The quantitative estimate of drug-likeness (QED) is 0.931. The van der Waals surface area contributed by atoms with Crippen molar-refractivity contribution >= 4 is 11.8 Å². The number of nitrogens with zero attached hydrogens (tertiary/aromatic N) is 1. The first-order valence-electron chi connectivity index (χ1n) is 7.43. The molecule has 0 aromatic heterocycles. The van der Waals surface area contributed by atoms with Gasteiger partial charge in [0.05, 0.1) is 5.56 Å². The molecule has 0 bridgehead atoms. The van der Waals surface area contributed by atoms with Gasteiger partial charge < -0.3 is 10.2 Å². The number of amides is 2. The van der Waals surface area contributed by atoms with Crippen molar-refractivity contribution in [3.8, 4) is 0 Å². The van der Waals surface area contributed by atoms with Crippen LogP contribution in [0.1, 0.15) is 37.0 Å². The Morgan fingerprint density at radius 2 is 1.86 bits per heavy atom. The van der Waals surface area contributed by atoms with Gasteiger partial charge in [-0.15, -0.1) is 0 Å². The summed E-state index contributed by atoms with van der Waals surface area (Å²) in [5.74, 6) is -2.07. The monoisotopic (exact) mass is 310 g/mol. The number of hydrogen-bond acceptors (Lipinski definition) is 2. The third-order valence-electron chi connectivity index (χ3n) is 3.81. The Labute approximate surface area is 128 Å². The van der Waals surface area contributed by atoms with Crippen LogP contribution in [0.4, 0.5) is 8.78 Å². The van der Waals surface area contributed by atoms with E-state index in [1.807, 2.05) is 13.8 Å². The molecule has 1 aromatic carbocycles. The standard InChI is InChI=1S/C16H20F2N2O2/c1-10(2)16(22)20-7-5-12(6-8-20)19-15(21)13-4-3-11(17)9-14(13)18/h3-4,9-10,12H,5-8H2,1-2H3,(H,19,21). The van der Waals surface area contributed by atoms with Gasteiger partial charge in [-0.2, -0.15) is 0 Å². The fourth-order valence-electron chi connectivity index (χ4n) is 2.55. The van der Waals surface area contributed by atoms with Gasteiger partial charge in [-0.3, -0.25) is 9.59 Å². The van der Waals surface area contributed by atoms with Gasteiger partial charge in [-0.05, 0) is 25.0 Å². The third-order valence-corrected chi connectivity index (χ3v) is 3.81. The Morgan fingerprint density at radius 3 is 2.41 bits per heavy atom. The number of piperidine rings is 1. The second-order valence-electron chi connectivity index (χ2n) is 5.85. The predicted octanol–water partition coefficient (Wildman–Crippen LogP) is 2.34. The van der Waals surface area contributed by atoms with Crippen LogP contribution in [0.25, 0.3) is 0 Å². The van der Waals surface area contributed by atoms with Gasteiger partial charge in [0.2, 0.25) is 5.91 Å². The lowest BCUT2D eigenvalue weighted by Crippen LogP contribution is -2.47. The van der Waals surface area contributed by atoms with E-state index >= 15 is 0 Å². The van der Waals surface area contributed by atoms with Crippen molar-refractivity contribution in [2.75, 3.05) is 13.1 Å². The van der Waals surface area contributed by atoms with E-state index in [1.54, 1.807) is 4.90 Å². The van der Waals surface area contributed by atoms with Crippen LogP contribution in [0.15, 0.2) is 18.2 Å². The van der Waals surface area contributed by atoms with Crippen molar-refractivity contribution in [3.05, 3.63) is 35.4 Å². The van der Waals surface area contributed by atoms with Crippen LogP contribution in [0, 0.1) is 17.6 Å². The smallest absolute Gasteiger partial charge is 0.254 e. The number of likely N-dealkylation sites (tertiary alicyclic amines) is 1. The van der Waals surface area contributed by atoms with Crippen LogP contribution in [0.3, 0.4) is 0 Å². The second kappa shape index (κ2) is 6.85. The molecule has 4 nitrogen and oxygen atoms in total. The zero-order chi connectivity index (χ0) is 16.3. The Bertz CT molecular complexity index is 567. The summed E-state index contributed by atoms with van der Waals surface area (Å²) < 4.78 is 26.4. The molecule has 1 N–H and O–H groups in total. The molecule has 22 heavy (non-hydrogen) atoms. The molecule has 2 rings (SSSR count). The molecule has 0 spiro atoms. The summed E-state index contributed by atoms with van der Waals surface area (Å²) in [6.07, 6.45) is 1.26. The Hall–Kier alpha value is -1.98. The molecule has 0 atom stereocenters. The molecule has 0 saturated carbocycles. The molecule has 1 aliphatic heterocycles. The summed E-state index contributed by atoms with van der Waals surface area (Å²) in [6, 6.07) is 2.78. The second-order valence-corrected chi connectivity index (χ2v) is 5.85. The molecular weight excluding hydrogens is 290 g/mol. The number of nitrogens with one attached hydrogen (secondary N) is 1. The van der Waals surface area contributed by atoms with Crippen LogP contribution >= 0.6 is 0 Å². The molecule has 0 radical (unpaired) electrons. The maximum atomic E-state index is 13.6. The minimum atomic E-state index is -0.870. The number of carbonyl (C=O) groups is 2. The van der Waals surface area contributed by atoms with E-state index in [2.05, 4.69) is 5.32 Å². The molecule has 1 heterocycles. The SMILES string of the molecule is CC(C)C(=O)N1CCC(NC(=O)c2ccc(F)cc2F)CC1. The number of rotatable bonds is 3. The van der Waals surface area contributed by atoms with E-state index in [0.717, 1.165) is 12.1 Å². The number of halogens is 2. The van der Waals surface area contributed by atoms with Gasteiger partial charge >= 0.3 is 0 Å². The molecule has 0 aliphatic carbocycles. The van der Waals surface area contributed by atoms with Gasteiger partial charge in [0.25, 0.3) is 5.91 Å². The molecule has 1 fully saturated rings. The normalized spacial score (nSPS) is 16.0. The van der Waals surface area contributed by atoms with Crippen LogP contribution in [-0.2, 0) is 4.79 Å². The average molecular weight is 310 g/mol. The highest BCUT2D eigenvalue weighted by molar-refractivity contribution is 5.94. The lowest BCUT2D eigenvalue weighted by molar-refractivity contribution is -0.135. The van der Waals surface area contributed by atoms with Gasteiger partial charge in [0.1, 0.15) is 11.6 Å². The lowest BCUT2D eigenvalue weighted by Gasteiger charge is -2.33. The summed E-state index contributed by atoms with van der Waals surface area (Å²) >= 11 is 0. The molecule has 1 aliphatic rings. The van der Waals surface area contributed by atoms with Gasteiger partial charge in [-0.1, -0.05) is 13.8 Å². The largest absolute Gasteiger partial charge is 0.349 e. The highest BCUT2D eigenvalue weighted by Gasteiger charge is 2.25. The summed E-state index contributed by atoms with van der Waals surface area (Å²) in [7, 11) is 0. The summed E-state index contributed by atoms with van der Waals surface area (Å²) in [6.45, 7) is 4.86. The van der Waals surface area contributed by atoms with Gasteiger partial charge in [0, 0.05) is 31.1 Å². The Kier molecular flexibility index (Phi) is 5.11. The maximum absolute atomic E-state index is 13.6. The number of carbonyl (C=O) groups excluding carboxylic acids is 2. The zero-order valence-corrected chi connectivity index (χ0v) is 12.7. The predicted molar refractivity (Wildman–Crippen MR) is 78.3 cm³/mol. The van der Waals surface area contributed by atoms with E-state index < -0.39 is 17.5 Å². The van der Waals surface area contributed by atoms with Crippen LogP contribution in [-0.4, -0.2) is 35.8 Å². The Balaban J connectivity index is 1.90. The van der Waals surface area contributed by atoms with Crippen molar-refractivity contribution < 1.29 is 18.4 Å². The number of benzene rings is 1. The fraction of sp³-hybridized carbons (Fsp3) is 0.500. The minimum Gasteiger partial charge on any atom is -0.349 e. The highest BCUT2D eigenvalue weighted by Crippen LogP contribution is 2.15. The molecule has 120 valence electrons. The van der Waals surface area contributed by atoms with E-state index in [1.165, 1.54) is 0 Å². The van der Waals surface area contributed by atoms with E-state index in [0.29, 0.717) is 32.0 Å². The fourth-order valence-corrected chi connectivity index (χ4v) is 2.55. The van der Waals surface area contributed by atoms with Crippen molar-refractivity contribution in [3.63, 3.8) is 0 Å². The first kappa shape index (κ1) is 16.4. The topological polar surface area (TPSA) is 49.4 Å². The van der Waals surface area contributed by atoms with E-state index in [9.17, 15) is 18.4 Å². The third kappa shape index (κ3) is 3.81. The van der Waals surface area contributed by atoms with Crippen LogP contribution in [0.2, 0.25) is 0 Å². The molecular formula is C16H20F2N2O2. The summed E-state index contributed by atoms with van der Waals surface area (Å²) in [5, 5.41) is 2.74. The van der Waals surface area contributed by atoms with Crippen molar-refractivity contribution in [2.24, 2.45) is 5.92 Å². The van der Waals surface area contributed by atoms with Crippen LogP contribution < -0.4 is 5.32 Å². The average Bonchev–Trinajstić information content (AvgIpc) is 2.47. The van der Waals surface area contributed by atoms with E-state index in [4.69, 9.17) is 0 Å². The summed E-state index contributed by atoms with van der Waals surface area (Å²) in [5.41, 5.74) is -0.165. The first-order valence-corrected chi connectivity index (χ1v) is 7.43. The molecule has 0 unspecified atom stereocenters. The molecule has 2 amide bonds. The number of hydrogen-bond donors (Lipinski definition) is 1. The minimum absolute atomic E-state index is 0.0422. The zero-order valence-electron chi connectivity index (χ0n) is 12.7. The van der Waals surface area contributed by atoms with Crippen molar-refractivity contribution in [2.45, 2.75) is 32.7 Å². The Morgan fingerprint density at radius 1 is 1.23 bits per heavy atom. The molecule has 1 aromatic rings. The van der Waals surface area contributed by atoms with Gasteiger partial charge in [0.15, 0.2) is 0 Å². The van der Waals surface area contributed by atoms with E-state index in [-0.39, 0.29) is 23.4 Å². The molecule has 1 saturated heterocycles. The summed E-state index contributed by atoms with van der Waals surface area (Å²) in [4.78, 5) is 25.7. The maximum Gasteiger partial charge on any atom is 0.254 e. The van der Waals surface area contributed by atoms with Gasteiger partial charge in [-0.25, -0.2) is 8.78 Å². The lowest BCUT2D eigenvalue weighted by atomic mass is 10.0. The first-order chi connectivity index (χ1) is 10.4. The highest BCUT2D eigenvalue weighted by atomic mass is 19.1. The molecule has 6 heteroatoms. The van der Waals surface area contributed by atoms with Crippen molar-refractivity contribution in [1.29, 1.82) is 0 Å².